The molecule has 0 fully saturated rings. The first-order valence-electron chi connectivity index (χ1n) is 5.27. The maximum Gasteiger partial charge on any atom is 0.264 e. The molecule has 1 amide bonds. The molecular weight excluding hydrogens is 379 g/mol. The van der Waals surface area contributed by atoms with Crippen LogP contribution in [0.25, 0.3) is 0 Å². The molecule has 0 atom stereocenters. The van der Waals surface area contributed by atoms with E-state index in [-0.39, 0.29) is 29.8 Å². The molecule has 2 aromatic rings. The second kappa shape index (κ2) is 6.02. The number of primary amides is 1. The van der Waals surface area contributed by atoms with Crippen molar-refractivity contribution in [2.75, 3.05) is 4.72 Å². The quantitative estimate of drug-likeness (QED) is 0.842. The Labute approximate surface area is 139 Å². The highest BCUT2D eigenvalue weighted by atomic mass is 35.5. The summed E-state index contributed by atoms with van der Waals surface area (Å²) in [5, 5.41) is 0.0390. The Morgan fingerprint density at radius 1 is 1.19 bits per heavy atom. The number of nitrogens with one attached hydrogen (secondary N) is 1. The van der Waals surface area contributed by atoms with Crippen LogP contribution in [0.3, 0.4) is 0 Å². The van der Waals surface area contributed by atoms with Gasteiger partial charge in [0.1, 0.15) is 9.23 Å². The summed E-state index contributed by atoms with van der Waals surface area (Å²) in [7, 11) is -3.90. The maximum atomic E-state index is 12.2. The predicted octanol–water partition coefficient (Wildman–Crippen LogP) is 3.61. The van der Waals surface area contributed by atoms with Crippen molar-refractivity contribution in [2.24, 2.45) is 5.73 Å². The number of anilines is 1. The Hall–Kier alpha value is -0.990. The van der Waals surface area contributed by atoms with E-state index in [2.05, 4.69) is 4.72 Å². The van der Waals surface area contributed by atoms with Crippen LogP contribution in [0.5, 0.6) is 0 Å². The maximum absolute atomic E-state index is 12.2. The van der Waals surface area contributed by atoms with Crippen molar-refractivity contribution in [3.63, 3.8) is 0 Å². The van der Waals surface area contributed by atoms with Gasteiger partial charge >= 0.3 is 0 Å². The first-order valence-corrected chi connectivity index (χ1v) is 8.71. The largest absolute Gasteiger partial charge is 0.366 e. The SMILES string of the molecule is NC(=O)c1ccc(NS(=O)(=O)c2cc(Cl)sc2Cl)cc1Cl. The van der Waals surface area contributed by atoms with E-state index in [1.54, 1.807) is 0 Å². The number of carbonyl (C=O) groups excluding carboxylic acids is 1. The van der Waals surface area contributed by atoms with E-state index in [0.29, 0.717) is 0 Å². The van der Waals surface area contributed by atoms with E-state index in [9.17, 15) is 13.2 Å². The Morgan fingerprint density at radius 2 is 1.86 bits per heavy atom. The predicted molar refractivity (Wildman–Crippen MR) is 85.1 cm³/mol. The van der Waals surface area contributed by atoms with Crippen molar-refractivity contribution in [3.8, 4) is 0 Å². The summed E-state index contributed by atoms with van der Waals surface area (Å²) >= 11 is 18.3. The van der Waals surface area contributed by atoms with Gasteiger partial charge in [-0.1, -0.05) is 34.8 Å². The van der Waals surface area contributed by atoms with Gasteiger partial charge in [-0.05, 0) is 24.3 Å². The average molecular weight is 386 g/mol. The molecule has 0 saturated heterocycles. The molecule has 0 saturated carbocycles. The van der Waals surface area contributed by atoms with Gasteiger partial charge in [0.05, 0.1) is 20.6 Å². The Kier molecular flexibility index (Phi) is 4.69. The molecule has 21 heavy (non-hydrogen) atoms. The lowest BCUT2D eigenvalue weighted by Crippen LogP contribution is -2.14. The molecule has 0 aliphatic heterocycles. The molecule has 1 aromatic heterocycles. The average Bonchev–Trinajstić information content (AvgIpc) is 2.68. The van der Waals surface area contributed by atoms with E-state index in [1.165, 1.54) is 24.3 Å². The van der Waals surface area contributed by atoms with Gasteiger partial charge in [-0.15, -0.1) is 11.3 Å². The van der Waals surface area contributed by atoms with Crippen molar-refractivity contribution in [2.45, 2.75) is 4.90 Å². The smallest absolute Gasteiger partial charge is 0.264 e. The Balaban J connectivity index is 2.35. The number of rotatable bonds is 4. The summed E-state index contributed by atoms with van der Waals surface area (Å²) in [6.07, 6.45) is 0. The van der Waals surface area contributed by atoms with Gasteiger partial charge in [0, 0.05) is 0 Å². The highest BCUT2D eigenvalue weighted by molar-refractivity contribution is 7.93. The molecule has 5 nitrogen and oxygen atoms in total. The van der Waals surface area contributed by atoms with Gasteiger partial charge in [0.2, 0.25) is 5.91 Å². The molecule has 0 bridgehead atoms. The summed E-state index contributed by atoms with van der Waals surface area (Å²) < 4.78 is 27.0. The van der Waals surface area contributed by atoms with Crippen LogP contribution in [0.2, 0.25) is 13.7 Å². The van der Waals surface area contributed by atoms with Gasteiger partial charge in [0.25, 0.3) is 10.0 Å². The fraction of sp³-hybridized carbons (Fsp3) is 0. The number of sulfonamides is 1. The van der Waals surface area contributed by atoms with Crippen LogP contribution in [0.1, 0.15) is 10.4 Å². The minimum Gasteiger partial charge on any atom is -0.366 e. The van der Waals surface area contributed by atoms with E-state index in [4.69, 9.17) is 40.5 Å². The summed E-state index contributed by atoms with van der Waals surface area (Å²) in [4.78, 5) is 10.9. The summed E-state index contributed by atoms with van der Waals surface area (Å²) in [5.41, 5.74) is 5.38. The number of hydrogen-bond acceptors (Lipinski definition) is 4. The van der Waals surface area contributed by atoms with Crippen LogP contribution in [-0.2, 0) is 10.0 Å². The van der Waals surface area contributed by atoms with Crippen molar-refractivity contribution < 1.29 is 13.2 Å². The lowest BCUT2D eigenvalue weighted by atomic mass is 10.2. The molecule has 0 unspecified atom stereocenters. The van der Waals surface area contributed by atoms with Crippen molar-refractivity contribution >= 4 is 67.8 Å². The van der Waals surface area contributed by atoms with Crippen LogP contribution >= 0.6 is 46.1 Å². The highest BCUT2D eigenvalue weighted by Gasteiger charge is 2.21. The number of benzene rings is 1. The molecule has 2 rings (SSSR count). The Morgan fingerprint density at radius 3 is 2.33 bits per heavy atom. The van der Waals surface area contributed by atoms with Gasteiger partial charge in [-0.3, -0.25) is 9.52 Å². The zero-order valence-corrected chi connectivity index (χ0v) is 14.0. The summed E-state index contributed by atoms with van der Waals surface area (Å²) in [6, 6.07) is 5.22. The molecule has 0 aliphatic carbocycles. The molecule has 0 aliphatic rings. The van der Waals surface area contributed by atoms with Gasteiger partial charge in [-0.2, -0.15) is 0 Å². The molecule has 3 N–H and O–H groups in total. The molecule has 0 radical (unpaired) electrons. The zero-order valence-electron chi connectivity index (χ0n) is 10.1. The van der Waals surface area contributed by atoms with Crippen LogP contribution in [0, 0.1) is 0 Å². The second-order valence-electron chi connectivity index (χ2n) is 3.85. The minimum atomic E-state index is -3.90. The molecular formula is C11H7Cl3N2O3S2. The third-order valence-electron chi connectivity index (χ3n) is 2.40. The normalized spacial score (nSPS) is 11.4. The lowest BCUT2D eigenvalue weighted by Gasteiger charge is -2.08. The first kappa shape index (κ1) is 16.4. The number of hydrogen-bond donors (Lipinski definition) is 2. The lowest BCUT2D eigenvalue weighted by molar-refractivity contribution is 0.100. The van der Waals surface area contributed by atoms with Crippen molar-refractivity contribution in [1.29, 1.82) is 0 Å². The van der Waals surface area contributed by atoms with E-state index < -0.39 is 15.9 Å². The molecule has 112 valence electrons. The number of thiophene rings is 1. The topological polar surface area (TPSA) is 89.3 Å². The molecule has 1 heterocycles. The molecule has 10 heteroatoms. The van der Waals surface area contributed by atoms with E-state index >= 15 is 0 Å². The fourth-order valence-corrected chi connectivity index (χ4v) is 4.97. The van der Waals surface area contributed by atoms with Crippen LogP contribution < -0.4 is 10.5 Å². The van der Waals surface area contributed by atoms with Crippen molar-refractivity contribution in [1.82, 2.24) is 0 Å². The highest BCUT2D eigenvalue weighted by Crippen LogP contribution is 2.35. The van der Waals surface area contributed by atoms with Crippen LogP contribution in [0.4, 0.5) is 5.69 Å². The van der Waals surface area contributed by atoms with E-state index in [0.717, 1.165) is 11.3 Å². The zero-order chi connectivity index (χ0) is 15.8. The standard InChI is InChI=1S/C11H7Cl3N2O3S2/c12-7-3-5(1-2-6(7)11(15)17)16-21(18,19)8-4-9(13)20-10(8)14/h1-4,16H,(H2,15,17). The summed E-state index contributed by atoms with van der Waals surface area (Å²) in [5.74, 6) is -0.706. The second-order valence-corrected chi connectivity index (χ2v) is 8.20. The Bertz CT molecular complexity index is 818. The molecule has 1 aromatic carbocycles. The number of amides is 1. The fourth-order valence-electron chi connectivity index (χ4n) is 1.50. The third-order valence-corrected chi connectivity index (χ3v) is 5.85. The van der Waals surface area contributed by atoms with Crippen molar-refractivity contribution in [3.05, 3.63) is 43.5 Å². The van der Waals surface area contributed by atoms with Gasteiger partial charge in [0.15, 0.2) is 0 Å². The minimum absolute atomic E-state index is 0.0390. The third kappa shape index (κ3) is 3.61. The van der Waals surface area contributed by atoms with Gasteiger partial charge < -0.3 is 5.73 Å². The monoisotopic (exact) mass is 384 g/mol. The number of halogens is 3. The van der Waals surface area contributed by atoms with E-state index in [1.807, 2.05) is 0 Å². The summed E-state index contributed by atoms with van der Waals surface area (Å²) in [6.45, 7) is 0. The number of carbonyl (C=O) groups is 1. The van der Waals surface area contributed by atoms with Gasteiger partial charge in [-0.25, -0.2) is 8.42 Å². The number of nitrogens with two attached hydrogens (primary N) is 1. The van der Waals surface area contributed by atoms with Crippen LogP contribution in [-0.4, -0.2) is 14.3 Å². The van der Waals surface area contributed by atoms with Crippen LogP contribution in [0.15, 0.2) is 29.2 Å². The molecule has 0 spiro atoms. The first-order chi connectivity index (χ1) is 9.70.